The zero-order valence-electron chi connectivity index (χ0n) is 21.4. The van der Waals surface area contributed by atoms with Crippen molar-refractivity contribution in [1.82, 2.24) is 14.5 Å². The second-order valence-electron chi connectivity index (χ2n) is 9.40. The SMILES string of the molecule is C=NOC1=C(CC2=C/C/C(OC)=C(/n3cnc(C)c3)C/C=C\2)CCCC1N(C)Cc1ccc(F)cc1. The fraction of sp³-hybridized carbons (Fsp3) is 0.379. The molecule has 1 aromatic carbocycles. The number of likely N-dealkylation sites (N-methyl/N-ethyl adjacent to an activating group) is 1. The van der Waals surface area contributed by atoms with E-state index in [0.29, 0.717) is 13.0 Å². The zero-order valence-corrected chi connectivity index (χ0v) is 21.4. The molecular weight excluding hydrogens is 455 g/mol. The van der Waals surface area contributed by atoms with Crippen molar-refractivity contribution in [2.24, 2.45) is 5.16 Å². The number of hydrogen-bond acceptors (Lipinski definition) is 5. The van der Waals surface area contributed by atoms with Crippen LogP contribution in [0.1, 0.15) is 49.8 Å². The summed E-state index contributed by atoms with van der Waals surface area (Å²) in [4.78, 5) is 12.4. The van der Waals surface area contributed by atoms with Crippen molar-refractivity contribution in [3.05, 3.63) is 94.8 Å². The molecule has 1 unspecified atom stereocenters. The number of nitrogens with zero attached hydrogens (tertiary/aromatic N) is 4. The lowest BCUT2D eigenvalue weighted by Crippen LogP contribution is -2.36. The first-order valence-electron chi connectivity index (χ1n) is 12.4. The molecule has 36 heavy (non-hydrogen) atoms. The van der Waals surface area contributed by atoms with Gasteiger partial charge in [0.2, 0.25) is 0 Å². The number of aryl methyl sites for hydroxylation is 1. The Labute approximate surface area is 213 Å². The number of ether oxygens (including phenoxy) is 1. The van der Waals surface area contributed by atoms with Crippen LogP contribution in [0.25, 0.3) is 5.70 Å². The maximum atomic E-state index is 13.3. The van der Waals surface area contributed by atoms with Gasteiger partial charge in [-0.1, -0.05) is 35.5 Å². The van der Waals surface area contributed by atoms with Gasteiger partial charge in [0.05, 0.1) is 30.9 Å². The molecule has 0 fully saturated rings. The normalized spacial score (nSPS) is 23.0. The molecule has 0 saturated carbocycles. The Bertz CT molecular complexity index is 1190. The van der Waals surface area contributed by atoms with E-state index in [4.69, 9.17) is 9.57 Å². The molecule has 6 nitrogen and oxygen atoms in total. The van der Waals surface area contributed by atoms with E-state index in [-0.39, 0.29) is 11.9 Å². The molecule has 7 heteroatoms. The van der Waals surface area contributed by atoms with E-state index in [2.05, 4.69) is 47.0 Å². The van der Waals surface area contributed by atoms with Crippen LogP contribution in [0.5, 0.6) is 0 Å². The smallest absolute Gasteiger partial charge is 0.151 e. The summed E-state index contributed by atoms with van der Waals surface area (Å²) in [7, 11) is 3.80. The predicted octanol–water partition coefficient (Wildman–Crippen LogP) is 6.38. The van der Waals surface area contributed by atoms with Crippen LogP contribution in [-0.4, -0.2) is 41.4 Å². The molecule has 0 radical (unpaired) electrons. The quantitative estimate of drug-likeness (QED) is 0.302. The van der Waals surface area contributed by atoms with Gasteiger partial charge in [-0.05, 0) is 68.5 Å². The Morgan fingerprint density at radius 3 is 2.75 bits per heavy atom. The lowest BCUT2D eigenvalue weighted by molar-refractivity contribution is 0.123. The van der Waals surface area contributed by atoms with E-state index < -0.39 is 0 Å². The van der Waals surface area contributed by atoms with Crippen molar-refractivity contribution >= 4 is 12.4 Å². The predicted molar refractivity (Wildman–Crippen MR) is 141 cm³/mol. The number of hydrogen-bond donors (Lipinski definition) is 0. The van der Waals surface area contributed by atoms with Crippen molar-refractivity contribution in [2.75, 3.05) is 14.2 Å². The molecule has 1 atom stereocenters. The second kappa shape index (κ2) is 12.0. The fourth-order valence-corrected chi connectivity index (χ4v) is 5.02. The van der Waals surface area contributed by atoms with Gasteiger partial charge in [-0.15, -0.1) is 0 Å². The summed E-state index contributed by atoms with van der Waals surface area (Å²) in [5.41, 5.74) is 5.61. The van der Waals surface area contributed by atoms with Crippen molar-refractivity contribution in [3.8, 4) is 0 Å². The van der Waals surface area contributed by atoms with Gasteiger partial charge in [-0.2, -0.15) is 0 Å². The Kier molecular flexibility index (Phi) is 8.54. The molecular formula is C29H35FN4O2. The average molecular weight is 491 g/mol. The third-order valence-corrected chi connectivity index (χ3v) is 6.85. The van der Waals surface area contributed by atoms with Gasteiger partial charge >= 0.3 is 0 Å². The first-order valence-corrected chi connectivity index (χ1v) is 12.4. The highest BCUT2D eigenvalue weighted by Crippen LogP contribution is 2.35. The Morgan fingerprint density at radius 2 is 2.06 bits per heavy atom. The third-order valence-electron chi connectivity index (χ3n) is 6.85. The number of methoxy groups -OCH3 is 1. The molecule has 0 N–H and O–H groups in total. The fourth-order valence-electron chi connectivity index (χ4n) is 5.02. The van der Waals surface area contributed by atoms with Gasteiger partial charge in [-0.3, -0.25) is 4.90 Å². The topological polar surface area (TPSA) is 51.9 Å². The molecule has 0 spiro atoms. The first-order chi connectivity index (χ1) is 17.5. The van der Waals surface area contributed by atoms with E-state index in [1.165, 1.54) is 23.3 Å². The molecule has 2 aliphatic rings. The van der Waals surface area contributed by atoms with E-state index >= 15 is 0 Å². The summed E-state index contributed by atoms with van der Waals surface area (Å²) in [6.45, 7) is 6.27. The molecule has 1 heterocycles. The van der Waals surface area contributed by atoms with Crippen LogP contribution < -0.4 is 0 Å². The Hall–Kier alpha value is -3.45. The van der Waals surface area contributed by atoms with Gasteiger partial charge in [0.25, 0.3) is 0 Å². The van der Waals surface area contributed by atoms with Gasteiger partial charge in [0.1, 0.15) is 11.6 Å². The minimum atomic E-state index is -0.222. The second-order valence-corrected chi connectivity index (χ2v) is 9.40. The lowest BCUT2D eigenvalue weighted by atomic mass is 9.88. The van der Waals surface area contributed by atoms with Crippen LogP contribution in [0, 0.1) is 12.7 Å². The van der Waals surface area contributed by atoms with Crippen molar-refractivity contribution in [1.29, 1.82) is 0 Å². The molecule has 2 aromatic rings. The number of benzene rings is 1. The highest BCUT2D eigenvalue weighted by atomic mass is 19.1. The highest BCUT2D eigenvalue weighted by molar-refractivity contribution is 5.52. The number of rotatable bonds is 9. The summed E-state index contributed by atoms with van der Waals surface area (Å²) in [5, 5.41) is 3.80. The van der Waals surface area contributed by atoms with Crippen molar-refractivity contribution < 1.29 is 14.0 Å². The summed E-state index contributed by atoms with van der Waals surface area (Å²) < 4.78 is 21.2. The number of aromatic nitrogens is 2. The molecule has 0 bridgehead atoms. The summed E-state index contributed by atoms with van der Waals surface area (Å²) in [6, 6.07) is 6.76. The molecule has 4 rings (SSSR count). The summed E-state index contributed by atoms with van der Waals surface area (Å²) >= 11 is 0. The van der Waals surface area contributed by atoms with Gasteiger partial charge < -0.3 is 14.1 Å². The molecule has 190 valence electrons. The van der Waals surface area contributed by atoms with Crippen LogP contribution >= 0.6 is 0 Å². The standard InChI is InChI=1S/C29H35FN4O2/c1-21-18-34(20-32-21)26-9-5-7-22(13-16-28(26)35-4)17-24-8-6-10-27(29(24)36-31-2)33(3)19-23-11-14-25(30)15-12-23/h5,7,11-15,18,20,27H,2,6,8-10,16-17,19H2,1,3-4H3/b7-5-,22-13+,28-26-. The van der Waals surface area contributed by atoms with Crippen LogP contribution in [0.3, 0.4) is 0 Å². The van der Waals surface area contributed by atoms with E-state index in [9.17, 15) is 4.39 Å². The lowest BCUT2D eigenvalue weighted by Gasteiger charge is -2.33. The molecule has 1 aromatic heterocycles. The van der Waals surface area contributed by atoms with E-state index in [0.717, 1.165) is 60.6 Å². The zero-order chi connectivity index (χ0) is 25.5. The maximum Gasteiger partial charge on any atom is 0.151 e. The Morgan fingerprint density at radius 1 is 1.25 bits per heavy atom. The molecule has 2 aliphatic carbocycles. The van der Waals surface area contributed by atoms with E-state index in [1.54, 1.807) is 7.11 Å². The van der Waals surface area contributed by atoms with Crippen LogP contribution in [0.4, 0.5) is 4.39 Å². The largest absolute Gasteiger partial charge is 0.499 e. The summed E-state index contributed by atoms with van der Waals surface area (Å²) in [6.07, 6.45) is 15.7. The van der Waals surface area contributed by atoms with Gasteiger partial charge in [0.15, 0.2) is 5.76 Å². The minimum Gasteiger partial charge on any atom is -0.499 e. The third kappa shape index (κ3) is 6.21. The van der Waals surface area contributed by atoms with Gasteiger partial charge in [-0.25, -0.2) is 9.37 Å². The summed E-state index contributed by atoms with van der Waals surface area (Å²) in [5.74, 6) is 1.60. The number of oxime groups is 1. The highest BCUT2D eigenvalue weighted by Gasteiger charge is 2.29. The Balaban J connectivity index is 1.55. The number of allylic oxidation sites excluding steroid dienone is 6. The van der Waals surface area contributed by atoms with E-state index in [1.807, 2.05) is 36.1 Å². The van der Waals surface area contributed by atoms with Crippen LogP contribution in [-0.2, 0) is 16.1 Å². The van der Waals surface area contributed by atoms with Gasteiger partial charge in [0, 0.05) is 32.3 Å². The molecule has 0 saturated heterocycles. The van der Waals surface area contributed by atoms with Crippen LogP contribution in [0.2, 0.25) is 0 Å². The molecule has 0 amide bonds. The number of imidazole rings is 1. The maximum absolute atomic E-state index is 13.3. The minimum absolute atomic E-state index is 0.0907. The number of halogens is 1. The monoisotopic (exact) mass is 490 g/mol. The molecule has 0 aliphatic heterocycles. The van der Waals surface area contributed by atoms with Crippen LogP contribution in [0.15, 0.2) is 82.8 Å². The first kappa shape index (κ1) is 25.6. The average Bonchev–Trinajstić information content (AvgIpc) is 3.29. The van der Waals surface area contributed by atoms with Crippen molar-refractivity contribution in [3.63, 3.8) is 0 Å². The van der Waals surface area contributed by atoms with Crippen molar-refractivity contribution in [2.45, 2.75) is 58.0 Å².